The molecule has 2 heterocycles. The Kier molecular flexibility index (Phi) is 4.07. The van der Waals surface area contributed by atoms with E-state index in [4.69, 9.17) is 0 Å². The van der Waals surface area contributed by atoms with Crippen molar-refractivity contribution in [1.29, 1.82) is 0 Å². The van der Waals surface area contributed by atoms with Gasteiger partial charge in [0.05, 0.1) is 11.6 Å². The van der Waals surface area contributed by atoms with Crippen LogP contribution in [0.5, 0.6) is 0 Å². The largest absolute Gasteiger partial charge is 0.294 e. The highest BCUT2D eigenvalue weighted by Gasteiger charge is 2.36. The molecule has 0 spiro atoms. The molecule has 6 heteroatoms. The minimum atomic E-state index is -0.325. The maximum atomic E-state index is 12.9. The molecule has 0 saturated carbocycles. The van der Waals surface area contributed by atoms with Crippen LogP contribution in [0.1, 0.15) is 18.4 Å². The predicted octanol–water partition coefficient (Wildman–Crippen LogP) is 2.92. The van der Waals surface area contributed by atoms with Gasteiger partial charge in [0.25, 0.3) is 11.1 Å². The number of nitrogens with zero attached hydrogens (tertiary/aromatic N) is 2. The van der Waals surface area contributed by atoms with Crippen LogP contribution in [0, 0.1) is 5.82 Å². The number of hydrogen-bond acceptors (Lipinski definition) is 4. The maximum Gasteiger partial charge on any atom is 0.294 e. The van der Waals surface area contributed by atoms with E-state index in [0.29, 0.717) is 17.1 Å². The SMILES string of the molecule is O=C1SC(=Cc2ccc(F)cc2)C(=O)N1CN1CCCC1. The summed E-state index contributed by atoms with van der Waals surface area (Å²) in [6.07, 6.45) is 3.86. The van der Waals surface area contributed by atoms with Crippen molar-refractivity contribution in [2.75, 3.05) is 19.8 Å². The average molecular weight is 306 g/mol. The molecule has 2 fully saturated rings. The molecule has 0 aromatic heterocycles. The van der Waals surface area contributed by atoms with Gasteiger partial charge < -0.3 is 0 Å². The zero-order valence-electron chi connectivity index (χ0n) is 11.4. The highest BCUT2D eigenvalue weighted by Crippen LogP contribution is 2.32. The highest BCUT2D eigenvalue weighted by atomic mass is 32.2. The van der Waals surface area contributed by atoms with Crippen LogP contribution in [0.25, 0.3) is 6.08 Å². The molecular formula is C15H15FN2O2S. The average Bonchev–Trinajstić information content (AvgIpc) is 3.06. The second kappa shape index (κ2) is 5.99. The summed E-state index contributed by atoms with van der Waals surface area (Å²) in [5.74, 6) is -0.587. The summed E-state index contributed by atoms with van der Waals surface area (Å²) in [4.78, 5) is 28.0. The maximum absolute atomic E-state index is 12.9. The normalized spacial score (nSPS) is 21.8. The number of likely N-dealkylation sites (tertiary alicyclic amines) is 1. The van der Waals surface area contributed by atoms with Crippen LogP contribution in [-0.2, 0) is 4.79 Å². The smallest absolute Gasteiger partial charge is 0.286 e. The number of rotatable bonds is 3. The van der Waals surface area contributed by atoms with E-state index in [1.807, 2.05) is 0 Å². The van der Waals surface area contributed by atoms with E-state index < -0.39 is 0 Å². The van der Waals surface area contributed by atoms with Gasteiger partial charge in [0, 0.05) is 0 Å². The molecule has 21 heavy (non-hydrogen) atoms. The van der Waals surface area contributed by atoms with E-state index >= 15 is 0 Å². The van der Waals surface area contributed by atoms with Gasteiger partial charge in [-0.3, -0.25) is 19.4 Å². The first kappa shape index (κ1) is 14.3. The fraction of sp³-hybridized carbons (Fsp3) is 0.333. The molecule has 0 aliphatic carbocycles. The zero-order chi connectivity index (χ0) is 14.8. The standard InChI is InChI=1S/C15H15FN2O2S/c16-12-5-3-11(4-6-12)9-13-14(19)18(15(20)21-13)10-17-7-1-2-8-17/h3-6,9H,1-2,7-8,10H2. The number of hydrogen-bond donors (Lipinski definition) is 0. The minimum absolute atomic E-state index is 0.236. The van der Waals surface area contributed by atoms with Crippen LogP contribution in [0.15, 0.2) is 29.2 Å². The topological polar surface area (TPSA) is 40.6 Å². The van der Waals surface area contributed by atoms with Crippen LogP contribution in [0.2, 0.25) is 0 Å². The predicted molar refractivity (Wildman–Crippen MR) is 79.9 cm³/mol. The van der Waals surface area contributed by atoms with E-state index in [-0.39, 0.29) is 17.0 Å². The molecule has 2 amide bonds. The quantitative estimate of drug-likeness (QED) is 0.805. The number of benzene rings is 1. The van der Waals surface area contributed by atoms with Gasteiger partial charge in [0.2, 0.25) is 0 Å². The molecule has 2 saturated heterocycles. The molecule has 0 bridgehead atoms. The van der Waals surface area contributed by atoms with E-state index in [1.165, 1.54) is 17.0 Å². The minimum Gasteiger partial charge on any atom is -0.286 e. The van der Waals surface area contributed by atoms with Gasteiger partial charge in [-0.15, -0.1) is 0 Å². The van der Waals surface area contributed by atoms with Gasteiger partial charge >= 0.3 is 0 Å². The Morgan fingerprint density at radius 1 is 1.14 bits per heavy atom. The third-order valence-electron chi connectivity index (χ3n) is 3.58. The number of thioether (sulfide) groups is 1. The monoisotopic (exact) mass is 306 g/mol. The summed E-state index contributed by atoms with van der Waals surface area (Å²) in [5, 5.41) is -0.236. The first-order valence-electron chi connectivity index (χ1n) is 6.87. The van der Waals surface area contributed by atoms with Gasteiger partial charge in [-0.25, -0.2) is 4.39 Å². The van der Waals surface area contributed by atoms with E-state index in [9.17, 15) is 14.0 Å². The molecule has 2 aliphatic heterocycles. The van der Waals surface area contributed by atoms with E-state index in [0.717, 1.165) is 37.7 Å². The summed E-state index contributed by atoms with van der Waals surface area (Å²) >= 11 is 0.942. The van der Waals surface area contributed by atoms with Crippen LogP contribution in [0.3, 0.4) is 0 Å². The van der Waals surface area contributed by atoms with Crippen molar-refractivity contribution in [2.24, 2.45) is 0 Å². The van der Waals surface area contributed by atoms with E-state index in [2.05, 4.69) is 4.90 Å². The van der Waals surface area contributed by atoms with Crippen molar-refractivity contribution in [1.82, 2.24) is 9.80 Å². The Bertz CT molecular complexity index is 594. The fourth-order valence-corrected chi connectivity index (χ4v) is 3.29. The van der Waals surface area contributed by atoms with Crippen LogP contribution in [0.4, 0.5) is 9.18 Å². The highest BCUT2D eigenvalue weighted by molar-refractivity contribution is 8.18. The second-order valence-corrected chi connectivity index (χ2v) is 6.12. The Morgan fingerprint density at radius 3 is 2.48 bits per heavy atom. The lowest BCUT2D eigenvalue weighted by Crippen LogP contribution is -2.38. The van der Waals surface area contributed by atoms with Gasteiger partial charge in [0.1, 0.15) is 5.82 Å². The number of imide groups is 1. The van der Waals surface area contributed by atoms with Crippen molar-refractivity contribution in [3.05, 3.63) is 40.6 Å². The summed E-state index contributed by atoms with van der Waals surface area (Å²) in [6, 6.07) is 5.84. The summed E-state index contributed by atoms with van der Waals surface area (Å²) in [5.41, 5.74) is 0.711. The lowest BCUT2D eigenvalue weighted by molar-refractivity contribution is -0.124. The molecule has 3 rings (SSSR count). The van der Waals surface area contributed by atoms with Gasteiger partial charge in [-0.2, -0.15) is 0 Å². The molecule has 1 aromatic carbocycles. The summed E-state index contributed by atoms with van der Waals surface area (Å²) in [7, 11) is 0. The molecule has 0 unspecified atom stereocenters. The second-order valence-electron chi connectivity index (χ2n) is 5.13. The molecule has 1 aromatic rings. The van der Waals surface area contributed by atoms with Crippen molar-refractivity contribution >= 4 is 29.0 Å². The summed E-state index contributed by atoms with van der Waals surface area (Å²) < 4.78 is 12.9. The Labute approximate surface area is 126 Å². The molecule has 0 atom stereocenters. The van der Waals surface area contributed by atoms with Crippen LogP contribution >= 0.6 is 11.8 Å². The molecule has 2 aliphatic rings. The lowest BCUT2D eigenvalue weighted by atomic mass is 10.2. The Morgan fingerprint density at radius 2 is 1.81 bits per heavy atom. The summed E-state index contributed by atoms with van der Waals surface area (Å²) in [6.45, 7) is 2.23. The molecular weight excluding hydrogens is 291 g/mol. The molecule has 0 N–H and O–H groups in total. The molecule has 4 nitrogen and oxygen atoms in total. The first-order chi connectivity index (χ1) is 10.1. The van der Waals surface area contributed by atoms with Gasteiger partial charge in [-0.1, -0.05) is 12.1 Å². The van der Waals surface area contributed by atoms with Crippen LogP contribution in [-0.4, -0.2) is 40.7 Å². The number of halogens is 1. The van der Waals surface area contributed by atoms with Crippen molar-refractivity contribution in [2.45, 2.75) is 12.8 Å². The fourth-order valence-electron chi connectivity index (χ4n) is 2.46. The molecule has 0 radical (unpaired) electrons. The van der Waals surface area contributed by atoms with Crippen molar-refractivity contribution < 1.29 is 14.0 Å². The van der Waals surface area contributed by atoms with Crippen molar-refractivity contribution in [3.63, 3.8) is 0 Å². The zero-order valence-corrected chi connectivity index (χ0v) is 12.2. The Balaban J connectivity index is 1.74. The van der Waals surface area contributed by atoms with Crippen molar-refractivity contribution in [3.8, 4) is 0 Å². The third-order valence-corrected chi connectivity index (χ3v) is 4.49. The number of amides is 2. The van der Waals surface area contributed by atoms with Gasteiger partial charge in [-0.05, 0) is 61.5 Å². The third kappa shape index (κ3) is 3.16. The lowest BCUT2D eigenvalue weighted by Gasteiger charge is -2.20. The van der Waals surface area contributed by atoms with E-state index in [1.54, 1.807) is 18.2 Å². The number of carbonyl (C=O) groups is 2. The number of carbonyl (C=O) groups excluding carboxylic acids is 2. The first-order valence-corrected chi connectivity index (χ1v) is 7.68. The Hall–Kier alpha value is -1.66. The van der Waals surface area contributed by atoms with Gasteiger partial charge in [0.15, 0.2) is 0 Å². The van der Waals surface area contributed by atoms with Crippen LogP contribution < -0.4 is 0 Å². The molecule has 110 valence electrons.